The molecule has 116 valence electrons. The summed E-state index contributed by atoms with van der Waals surface area (Å²) in [6.45, 7) is 5.69. The van der Waals surface area contributed by atoms with Crippen LogP contribution in [0.2, 0.25) is 0 Å². The number of rotatable bonds is 3. The average Bonchev–Trinajstić information content (AvgIpc) is 2.83. The van der Waals surface area contributed by atoms with E-state index >= 15 is 0 Å². The van der Waals surface area contributed by atoms with Crippen LogP contribution in [-0.4, -0.2) is 29.0 Å². The maximum atomic E-state index is 10.7. The van der Waals surface area contributed by atoms with Crippen molar-refractivity contribution in [2.45, 2.75) is 51.2 Å². The highest BCUT2D eigenvalue weighted by Gasteiger charge is 2.37. The lowest BCUT2D eigenvalue weighted by atomic mass is 9.71. The predicted molar refractivity (Wildman–Crippen MR) is 81.5 cm³/mol. The number of nitrogens with one attached hydrogen (secondary N) is 1. The van der Waals surface area contributed by atoms with Crippen molar-refractivity contribution in [2.24, 2.45) is 5.41 Å². The van der Waals surface area contributed by atoms with E-state index in [1.165, 1.54) is 0 Å². The summed E-state index contributed by atoms with van der Waals surface area (Å²) in [4.78, 5) is 0. The largest absolute Gasteiger partial charge is 0.508 e. The van der Waals surface area contributed by atoms with Gasteiger partial charge >= 0.3 is 0 Å². The van der Waals surface area contributed by atoms with Gasteiger partial charge in [0.2, 0.25) is 0 Å². The normalized spacial score (nSPS) is 26.1. The van der Waals surface area contributed by atoms with Gasteiger partial charge in [0.25, 0.3) is 0 Å². The van der Waals surface area contributed by atoms with E-state index in [2.05, 4.69) is 19.2 Å². The molecule has 1 atom stereocenters. The van der Waals surface area contributed by atoms with Gasteiger partial charge in [0.15, 0.2) is 0 Å². The van der Waals surface area contributed by atoms with Crippen LogP contribution < -0.4 is 10.1 Å². The summed E-state index contributed by atoms with van der Waals surface area (Å²) in [7, 11) is 0. The van der Waals surface area contributed by atoms with Crippen LogP contribution in [0.25, 0.3) is 0 Å². The summed E-state index contributed by atoms with van der Waals surface area (Å²) >= 11 is 0. The molecule has 4 nitrogen and oxygen atoms in total. The van der Waals surface area contributed by atoms with Crippen molar-refractivity contribution in [3.8, 4) is 11.5 Å². The number of fused-ring (bicyclic) bond motifs is 1. The van der Waals surface area contributed by atoms with Gasteiger partial charge in [-0.2, -0.15) is 0 Å². The van der Waals surface area contributed by atoms with Crippen molar-refractivity contribution in [3.63, 3.8) is 0 Å². The first-order chi connectivity index (χ1) is 9.87. The van der Waals surface area contributed by atoms with Crippen molar-refractivity contribution >= 4 is 0 Å². The summed E-state index contributed by atoms with van der Waals surface area (Å²) in [6, 6.07) is 5.32. The molecule has 1 aliphatic heterocycles. The number of hydrogen-bond donors (Lipinski definition) is 3. The molecule has 21 heavy (non-hydrogen) atoms. The van der Waals surface area contributed by atoms with Crippen LogP contribution in [0, 0.1) is 5.41 Å². The molecule has 3 rings (SSSR count). The smallest absolute Gasteiger partial charge is 0.127 e. The first-order valence-electron chi connectivity index (χ1n) is 7.78. The molecule has 1 aromatic rings. The van der Waals surface area contributed by atoms with Crippen LogP contribution in [0.1, 0.15) is 51.1 Å². The molecule has 3 N–H and O–H groups in total. The summed E-state index contributed by atoms with van der Waals surface area (Å²) in [6.07, 6.45) is 3.83. The first kappa shape index (κ1) is 14.7. The Bertz CT molecular complexity index is 517. The Balaban J connectivity index is 1.60. The van der Waals surface area contributed by atoms with E-state index < -0.39 is 5.60 Å². The fraction of sp³-hybridized carbons (Fsp3) is 0.647. The fourth-order valence-corrected chi connectivity index (χ4v) is 3.25. The first-order valence-corrected chi connectivity index (χ1v) is 7.78. The Morgan fingerprint density at radius 2 is 1.95 bits per heavy atom. The van der Waals surface area contributed by atoms with Crippen LogP contribution in [0.5, 0.6) is 11.5 Å². The van der Waals surface area contributed by atoms with Crippen molar-refractivity contribution < 1.29 is 14.9 Å². The van der Waals surface area contributed by atoms with Crippen LogP contribution in [0.3, 0.4) is 0 Å². The minimum Gasteiger partial charge on any atom is -0.508 e. The van der Waals surface area contributed by atoms with Gasteiger partial charge in [-0.3, -0.25) is 0 Å². The van der Waals surface area contributed by atoms with E-state index in [1.807, 2.05) is 6.07 Å². The van der Waals surface area contributed by atoms with Crippen LogP contribution in [0.15, 0.2) is 18.2 Å². The highest BCUT2D eigenvalue weighted by Crippen LogP contribution is 2.40. The van der Waals surface area contributed by atoms with Gasteiger partial charge in [0.05, 0.1) is 11.6 Å². The SMILES string of the molecule is CC1(C)CCC(O)(CNC2COc3cc(O)ccc32)CC1. The Morgan fingerprint density at radius 1 is 1.24 bits per heavy atom. The van der Waals surface area contributed by atoms with Gasteiger partial charge in [-0.25, -0.2) is 0 Å². The lowest BCUT2D eigenvalue weighted by molar-refractivity contribution is -0.0264. The van der Waals surface area contributed by atoms with E-state index in [4.69, 9.17) is 4.74 Å². The zero-order valence-electron chi connectivity index (χ0n) is 12.9. The molecule has 1 saturated carbocycles. The molecular weight excluding hydrogens is 266 g/mol. The number of hydrogen-bond acceptors (Lipinski definition) is 4. The minimum atomic E-state index is -0.602. The van der Waals surface area contributed by atoms with Crippen molar-refractivity contribution in [2.75, 3.05) is 13.2 Å². The Kier molecular flexibility index (Phi) is 3.62. The maximum Gasteiger partial charge on any atom is 0.127 e. The quantitative estimate of drug-likeness (QED) is 0.801. The summed E-state index contributed by atoms with van der Waals surface area (Å²) in [5.74, 6) is 0.965. The van der Waals surface area contributed by atoms with Gasteiger partial charge in [0, 0.05) is 18.2 Å². The third-order valence-corrected chi connectivity index (χ3v) is 4.99. The van der Waals surface area contributed by atoms with Gasteiger partial charge in [0.1, 0.15) is 18.1 Å². The van der Waals surface area contributed by atoms with Crippen molar-refractivity contribution in [1.29, 1.82) is 0 Å². The second-order valence-electron chi connectivity index (χ2n) is 7.36. The van der Waals surface area contributed by atoms with E-state index in [-0.39, 0.29) is 11.8 Å². The lowest BCUT2D eigenvalue weighted by Gasteiger charge is -2.40. The zero-order valence-corrected chi connectivity index (χ0v) is 12.9. The topological polar surface area (TPSA) is 61.7 Å². The van der Waals surface area contributed by atoms with Gasteiger partial charge in [-0.15, -0.1) is 0 Å². The number of aliphatic hydroxyl groups is 1. The van der Waals surface area contributed by atoms with Crippen LogP contribution >= 0.6 is 0 Å². The molecule has 1 aromatic carbocycles. The average molecular weight is 291 g/mol. The number of benzene rings is 1. The number of phenols is 1. The maximum absolute atomic E-state index is 10.7. The number of ether oxygens (including phenoxy) is 1. The van der Waals surface area contributed by atoms with Gasteiger partial charge in [-0.05, 0) is 43.2 Å². The molecule has 1 heterocycles. The molecular formula is C17H25NO3. The second kappa shape index (κ2) is 5.18. The lowest BCUT2D eigenvalue weighted by Crippen LogP contribution is -2.46. The molecule has 1 fully saturated rings. The van der Waals surface area contributed by atoms with E-state index in [1.54, 1.807) is 12.1 Å². The Morgan fingerprint density at radius 3 is 2.67 bits per heavy atom. The zero-order chi connectivity index (χ0) is 15.1. The molecule has 4 heteroatoms. The molecule has 0 spiro atoms. The number of aromatic hydroxyl groups is 1. The molecule has 1 aliphatic carbocycles. The fourth-order valence-electron chi connectivity index (χ4n) is 3.25. The highest BCUT2D eigenvalue weighted by molar-refractivity contribution is 5.44. The minimum absolute atomic E-state index is 0.0968. The number of phenolic OH excluding ortho intramolecular Hbond substituents is 1. The summed E-state index contributed by atoms with van der Waals surface area (Å²) in [5.41, 5.74) is 0.815. The summed E-state index contributed by atoms with van der Waals surface area (Å²) < 4.78 is 5.59. The summed E-state index contributed by atoms with van der Waals surface area (Å²) in [5, 5.41) is 23.6. The van der Waals surface area contributed by atoms with E-state index in [9.17, 15) is 10.2 Å². The van der Waals surface area contributed by atoms with Crippen LogP contribution in [0.4, 0.5) is 0 Å². The Hall–Kier alpha value is -1.26. The molecule has 1 unspecified atom stereocenters. The third-order valence-electron chi connectivity index (χ3n) is 4.99. The standard InChI is InChI=1S/C17H25NO3/c1-16(2)5-7-17(20,8-6-16)11-18-14-10-21-15-9-12(19)3-4-13(14)15/h3-4,9,14,18-20H,5-8,10-11H2,1-2H3. The monoisotopic (exact) mass is 291 g/mol. The molecule has 0 bridgehead atoms. The van der Waals surface area contributed by atoms with E-state index in [0.717, 1.165) is 37.0 Å². The molecule has 0 aromatic heterocycles. The molecule has 0 radical (unpaired) electrons. The van der Waals surface area contributed by atoms with Crippen LogP contribution in [-0.2, 0) is 0 Å². The van der Waals surface area contributed by atoms with Gasteiger partial charge in [-0.1, -0.05) is 13.8 Å². The third kappa shape index (κ3) is 3.16. The molecule has 0 saturated heterocycles. The molecule has 0 amide bonds. The molecule has 2 aliphatic rings. The second-order valence-corrected chi connectivity index (χ2v) is 7.36. The Labute approximate surface area is 126 Å². The highest BCUT2D eigenvalue weighted by atomic mass is 16.5. The predicted octanol–water partition coefficient (Wildman–Crippen LogP) is 2.75. The van der Waals surface area contributed by atoms with Gasteiger partial charge < -0.3 is 20.3 Å². The van der Waals surface area contributed by atoms with Crippen molar-refractivity contribution in [3.05, 3.63) is 23.8 Å². The van der Waals surface area contributed by atoms with Crippen molar-refractivity contribution in [1.82, 2.24) is 5.32 Å². The van der Waals surface area contributed by atoms with E-state index in [0.29, 0.717) is 18.6 Å².